The molecule has 0 aliphatic heterocycles. The lowest BCUT2D eigenvalue weighted by molar-refractivity contribution is -0.138. The van der Waals surface area contributed by atoms with Crippen molar-refractivity contribution < 1.29 is 29.0 Å². The molecule has 21 heavy (non-hydrogen) atoms. The van der Waals surface area contributed by atoms with Crippen LogP contribution in [0, 0.1) is 0 Å². The van der Waals surface area contributed by atoms with Crippen LogP contribution >= 0.6 is 0 Å². The first-order valence-electron chi connectivity index (χ1n) is 5.73. The van der Waals surface area contributed by atoms with Gasteiger partial charge in [0.25, 0.3) is 0 Å². The van der Waals surface area contributed by atoms with Gasteiger partial charge in [0.1, 0.15) is 6.61 Å². The van der Waals surface area contributed by atoms with Gasteiger partial charge in [-0.25, -0.2) is 9.59 Å². The van der Waals surface area contributed by atoms with Gasteiger partial charge in [0.05, 0.1) is 13.7 Å². The third kappa shape index (κ3) is 23.1. The quantitative estimate of drug-likeness (QED) is 0.564. The molecule has 0 bridgehead atoms. The third-order valence-corrected chi connectivity index (χ3v) is 1.46. The molecule has 0 spiro atoms. The number of primary amides is 1. The highest BCUT2D eigenvalue weighted by Crippen LogP contribution is 1.87. The summed E-state index contributed by atoms with van der Waals surface area (Å²) in [7, 11) is 1.33. The molecule has 120 valence electrons. The van der Waals surface area contributed by atoms with Gasteiger partial charge in [-0.15, -0.1) is 0 Å². The number of aliphatic hydroxyl groups excluding tert-OH is 1. The number of ether oxygens (including phenoxy) is 2. The fraction of sp³-hybridized carbons (Fsp3) is 0.357. The minimum Gasteiger partial charge on any atom is -0.466 e. The Kier molecular flexibility index (Phi) is 17.6. The molecule has 0 aliphatic carbocycles. The summed E-state index contributed by atoms with van der Waals surface area (Å²) in [5.41, 5.74) is 5.53. The molecule has 1 amide bonds. The van der Waals surface area contributed by atoms with Crippen molar-refractivity contribution in [3.05, 3.63) is 37.0 Å². The number of hydrogen-bond donors (Lipinski definition) is 2. The summed E-state index contributed by atoms with van der Waals surface area (Å²) in [6.07, 6.45) is 1.05. The number of amides is 1. The van der Waals surface area contributed by atoms with Crippen LogP contribution in [0.3, 0.4) is 0 Å². The van der Waals surface area contributed by atoms with Crippen molar-refractivity contribution in [2.75, 3.05) is 20.3 Å². The number of nitrogens with two attached hydrogens (primary N) is 1. The Morgan fingerprint density at radius 3 is 1.76 bits per heavy atom. The summed E-state index contributed by atoms with van der Waals surface area (Å²) in [4.78, 5) is 30.1. The van der Waals surface area contributed by atoms with Gasteiger partial charge in [-0.05, 0) is 13.8 Å². The van der Waals surface area contributed by atoms with Crippen LogP contribution in [0.25, 0.3) is 0 Å². The molecule has 0 unspecified atom stereocenters. The molecule has 0 saturated heterocycles. The zero-order valence-electron chi connectivity index (χ0n) is 12.7. The van der Waals surface area contributed by atoms with Crippen molar-refractivity contribution >= 4 is 17.8 Å². The maximum Gasteiger partial charge on any atom is 0.332 e. The maximum absolute atomic E-state index is 10.2. The molecule has 0 rings (SSSR count). The molecule has 0 fully saturated rings. The Morgan fingerprint density at radius 2 is 1.62 bits per heavy atom. The molecule has 0 aromatic heterocycles. The normalized spacial score (nSPS) is 7.81. The minimum atomic E-state index is -0.501. The zero-order valence-corrected chi connectivity index (χ0v) is 12.7. The van der Waals surface area contributed by atoms with Gasteiger partial charge in [-0.1, -0.05) is 19.7 Å². The van der Waals surface area contributed by atoms with E-state index >= 15 is 0 Å². The molecule has 0 heterocycles. The zero-order chi connectivity index (χ0) is 17.4. The van der Waals surface area contributed by atoms with E-state index in [1.165, 1.54) is 7.11 Å². The van der Waals surface area contributed by atoms with Gasteiger partial charge in [-0.3, -0.25) is 4.79 Å². The van der Waals surface area contributed by atoms with Crippen LogP contribution in [0.15, 0.2) is 37.0 Å². The highest BCUT2D eigenvalue weighted by atomic mass is 16.5. The topological polar surface area (TPSA) is 116 Å². The highest BCUT2D eigenvalue weighted by Gasteiger charge is 1.95. The molecule has 0 radical (unpaired) electrons. The SMILES string of the molecule is C=C(C)C(=O)OC.C=C(C)C(N)=O.C=CC(=O)OCCO. The maximum atomic E-state index is 10.2. The van der Waals surface area contributed by atoms with Gasteiger partial charge >= 0.3 is 11.9 Å². The van der Waals surface area contributed by atoms with Gasteiger partial charge < -0.3 is 20.3 Å². The monoisotopic (exact) mass is 301 g/mol. The molecule has 7 heteroatoms. The number of carbonyl (C=O) groups is 3. The summed E-state index contributed by atoms with van der Waals surface area (Å²) in [5, 5.41) is 8.10. The van der Waals surface area contributed by atoms with Crippen molar-refractivity contribution in [1.29, 1.82) is 0 Å². The fourth-order valence-corrected chi connectivity index (χ4v) is 0.379. The van der Waals surface area contributed by atoms with Crippen LogP contribution in [0.4, 0.5) is 0 Å². The standard InChI is InChI=1S/C5H8O3.C5H8O2.C4H7NO/c1-2-5(7)8-4-3-6;1-4(2)5(6)7-3;1-3(2)4(5)6/h2,6H,1,3-4H2;1H2,2-3H3;1H2,2H3,(H2,5,6). The Bertz CT molecular complexity index is 375. The largest absolute Gasteiger partial charge is 0.466 e. The van der Waals surface area contributed by atoms with Crippen LogP contribution in [-0.2, 0) is 23.9 Å². The van der Waals surface area contributed by atoms with E-state index in [1.807, 2.05) is 0 Å². The molecule has 0 aromatic rings. The Hall–Kier alpha value is -2.41. The smallest absolute Gasteiger partial charge is 0.332 e. The summed E-state index contributed by atoms with van der Waals surface area (Å²) in [5.74, 6) is -1.28. The van der Waals surface area contributed by atoms with Crippen LogP contribution in [0.1, 0.15) is 13.8 Å². The van der Waals surface area contributed by atoms with E-state index in [0.29, 0.717) is 11.1 Å². The Balaban J connectivity index is -0.000000234. The molecule has 0 aromatic carbocycles. The second-order valence-corrected chi connectivity index (χ2v) is 3.51. The molecular weight excluding hydrogens is 278 g/mol. The third-order valence-electron chi connectivity index (χ3n) is 1.46. The van der Waals surface area contributed by atoms with Crippen molar-refractivity contribution in [2.45, 2.75) is 13.8 Å². The van der Waals surface area contributed by atoms with E-state index in [1.54, 1.807) is 13.8 Å². The van der Waals surface area contributed by atoms with E-state index in [4.69, 9.17) is 10.8 Å². The van der Waals surface area contributed by atoms with E-state index in [-0.39, 0.29) is 19.2 Å². The van der Waals surface area contributed by atoms with Crippen LogP contribution in [0.5, 0.6) is 0 Å². The second-order valence-electron chi connectivity index (χ2n) is 3.51. The van der Waals surface area contributed by atoms with Crippen molar-refractivity contribution in [3.8, 4) is 0 Å². The van der Waals surface area contributed by atoms with Gasteiger partial charge in [0.15, 0.2) is 0 Å². The molecule has 3 N–H and O–H groups in total. The lowest BCUT2D eigenvalue weighted by atomic mass is 10.3. The van der Waals surface area contributed by atoms with Crippen LogP contribution in [-0.4, -0.2) is 43.3 Å². The number of esters is 2. The first kappa shape index (κ1) is 23.7. The predicted octanol–water partition coefficient (Wildman–Crippen LogP) is 0.491. The molecular formula is C14H23NO6. The van der Waals surface area contributed by atoms with Crippen LogP contribution in [0.2, 0.25) is 0 Å². The molecule has 0 aliphatic rings. The average molecular weight is 301 g/mol. The first-order chi connectivity index (χ1) is 9.63. The number of aliphatic hydroxyl groups is 1. The van der Waals surface area contributed by atoms with E-state index < -0.39 is 11.9 Å². The number of carbonyl (C=O) groups excluding carboxylic acids is 3. The van der Waals surface area contributed by atoms with Crippen LogP contribution < -0.4 is 5.73 Å². The summed E-state index contributed by atoms with van der Waals surface area (Å²) >= 11 is 0. The van der Waals surface area contributed by atoms with Crippen molar-refractivity contribution in [1.82, 2.24) is 0 Å². The van der Waals surface area contributed by atoms with E-state index in [2.05, 4.69) is 29.2 Å². The minimum absolute atomic E-state index is 0.0465. The predicted molar refractivity (Wildman–Crippen MR) is 79.1 cm³/mol. The lowest BCUT2D eigenvalue weighted by Gasteiger charge is -1.94. The fourth-order valence-electron chi connectivity index (χ4n) is 0.379. The molecule has 7 nitrogen and oxygen atoms in total. The molecule has 0 saturated carbocycles. The number of rotatable bonds is 5. The second kappa shape index (κ2) is 15.6. The van der Waals surface area contributed by atoms with Gasteiger partial charge in [0, 0.05) is 17.2 Å². The number of methoxy groups -OCH3 is 1. The summed E-state index contributed by atoms with van der Waals surface area (Å²) < 4.78 is 8.61. The molecule has 0 atom stereocenters. The van der Waals surface area contributed by atoms with E-state index in [9.17, 15) is 14.4 Å². The first-order valence-corrected chi connectivity index (χ1v) is 5.73. The lowest BCUT2D eigenvalue weighted by Crippen LogP contribution is -2.10. The van der Waals surface area contributed by atoms with Gasteiger partial charge in [0.2, 0.25) is 5.91 Å². The van der Waals surface area contributed by atoms with Gasteiger partial charge in [-0.2, -0.15) is 0 Å². The van der Waals surface area contributed by atoms with E-state index in [0.717, 1.165) is 6.08 Å². The Morgan fingerprint density at radius 1 is 1.19 bits per heavy atom. The number of hydrogen-bond acceptors (Lipinski definition) is 6. The average Bonchev–Trinajstić information content (AvgIpc) is 2.44. The summed E-state index contributed by atoms with van der Waals surface area (Å²) in [6, 6.07) is 0. The highest BCUT2D eigenvalue weighted by molar-refractivity contribution is 5.90. The van der Waals surface area contributed by atoms with Crippen molar-refractivity contribution in [2.24, 2.45) is 5.73 Å². The Labute approximate surface area is 124 Å². The summed E-state index contributed by atoms with van der Waals surface area (Å²) in [6.45, 7) is 12.9. The van der Waals surface area contributed by atoms with Crippen molar-refractivity contribution in [3.63, 3.8) is 0 Å².